The van der Waals surface area contributed by atoms with E-state index >= 15 is 0 Å². The van der Waals surface area contributed by atoms with Gasteiger partial charge in [0.1, 0.15) is 0 Å². The SMILES string of the molecule is NC(CO)Cc1nc(-c2cccc(Br)c2)cs1. The Bertz CT molecular complexity index is 501. The molecule has 2 rings (SSSR count). The van der Waals surface area contributed by atoms with E-state index in [1.165, 1.54) is 0 Å². The average Bonchev–Trinajstić information content (AvgIpc) is 2.77. The van der Waals surface area contributed by atoms with E-state index in [4.69, 9.17) is 10.8 Å². The van der Waals surface area contributed by atoms with Gasteiger partial charge in [-0.25, -0.2) is 4.98 Å². The summed E-state index contributed by atoms with van der Waals surface area (Å²) in [6, 6.07) is 7.80. The predicted octanol–water partition coefficient (Wildman–Crippen LogP) is 2.43. The third-order valence-corrected chi connectivity index (χ3v) is 3.71. The van der Waals surface area contributed by atoms with Gasteiger partial charge >= 0.3 is 0 Å². The van der Waals surface area contributed by atoms with E-state index < -0.39 is 0 Å². The highest BCUT2D eigenvalue weighted by Gasteiger charge is 2.08. The molecule has 2 aromatic rings. The summed E-state index contributed by atoms with van der Waals surface area (Å²) in [7, 11) is 0. The summed E-state index contributed by atoms with van der Waals surface area (Å²) in [4.78, 5) is 4.52. The van der Waals surface area contributed by atoms with Crippen LogP contribution in [-0.2, 0) is 6.42 Å². The van der Waals surface area contributed by atoms with Crippen LogP contribution in [0.15, 0.2) is 34.1 Å². The fraction of sp³-hybridized carbons (Fsp3) is 0.250. The molecule has 0 aliphatic rings. The second-order valence-corrected chi connectivity index (χ2v) is 5.64. The number of aromatic nitrogens is 1. The molecule has 17 heavy (non-hydrogen) atoms. The van der Waals surface area contributed by atoms with E-state index in [1.54, 1.807) is 11.3 Å². The Balaban J connectivity index is 2.18. The number of hydrogen-bond donors (Lipinski definition) is 2. The number of benzene rings is 1. The third kappa shape index (κ3) is 3.35. The summed E-state index contributed by atoms with van der Waals surface area (Å²) in [6.07, 6.45) is 0.620. The summed E-state index contributed by atoms with van der Waals surface area (Å²) in [5.41, 5.74) is 7.72. The van der Waals surface area contributed by atoms with Gasteiger partial charge in [0.25, 0.3) is 0 Å². The zero-order valence-electron chi connectivity index (χ0n) is 9.14. The maximum Gasteiger partial charge on any atom is 0.0948 e. The molecule has 0 spiro atoms. The quantitative estimate of drug-likeness (QED) is 0.911. The van der Waals surface area contributed by atoms with E-state index in [1.807, 2.05) is 29.6 Å². The monoisotopic (exact) mass is 312 g/mol. The van der Waals surface area contributed by atoms with E-state index in [2.05, 4.69) is 20.9 Å². The highest BCUT2D eigenvalue weighted by molar-refractivity contribution is 9.10. The molecule has 0 aliphatic carbocycles. The van der Waals surface area contributed by atoms with Crippen molar-refractivity contribution in [1.29, 1.82) is 0 Å². The van der Waals surface area contributed by atoms with Crippen molar-refractivity contribution < 1.29 is 5.11 Å². The van der Waals surface area contributed by atoms with E-state index in [0.717, 1.165) is 20.7 Å². The Morgan fingerprint density at radius 2 is 2.29 bits per heavy atom. The first-order chi connectivity index (χ1) is 8.19. The van der Waals surface area contributed by atoms with Crippen molar-refractivity contribution in [2.75, 3.05) is 6.61 Å². The van der Waals surface area contributed by atoms with Gasteiger partial charge in [0.05, 0.1) is 17.3 Å². The molecule has 0 fully saturated rings. The molecule has 3 N–H and O–H groups in total. The minimum absolute atomic E-state index is 0.00814. The number of aliphatic hydroxyl groups is 1. The Labute approximate surface area is 112 Å². The van der Waals surface area contributed by atoms with Crippen LogP contribution in [-0.4, -0.2) is 22.7 Å². The van der Waals surface area contributed by atoms with Gasteiger partial charge in [0.2, 0.25) is 0 Å². The molecular formula is C12H13BrN2OS. The molecule has 0 saturated heterocycles. The number of thiazole rings is 1. The minimum Gasteiger partial charge on any atom is -0.395 e. The van der Waals surface area contributed by atoms with Gasteiger partial charge in [-0.3, -0.25) is 0 Å². The molecule has 90 valence electrons. The third-order valence-electron chi connectivity index (χ3n) is 2.34. The molecule has 1 heterocycles. The van der Waals surface area contributed by atoms with Crippen molar-refractivity contribution in [1.82, 2.24) is 4.98 Å². The van der Waals surface area contributed by atoms with Crippen molar-refractivity contribution in [2.24, 2.45) is 5.73 Å². The van der Waals surface area contributed by atoms with Crippen LogP contribution in [0.25, 0.3) is 11.3 Å². The number of nitrogens with two attached hydrogens (primary N) is 1. The number of halogens is 1. The van der Waals surface area contributed by atoms with Gasteiger partial charge in [-0.15, -0.1) is 11.3 Å². The van der Waals surface area contributed by atoms with Crippen LogP contribution < -0.4 is 5.73 Å². The molecule has 0 bridgehead atoms. The summed E-state index contributed by atoms with van der Waals surface area (Å²) in [5, 5.41) is 11.9. The van der Waals surface area contributed by atoms with Crippen LogP contribution in [0.2, 0.25) is 0 Å². The van der Waals surface area contributed by atoms with Gasteiger partial charge < -0.3 is 10.8 Å². The molecule has 0 amide bonds. The fourth-order valence-electron chi connectivity index (χ4n) is 1.47. The lowest BCUT2D eigenvalue weighted by Gasteiger charge is -2.03. The number of aliphatic hydroxyl groups excluding tert-OH is 1. The topological polar surface area (TPSA) is 59.1 Å². The van der Waals surface area contributed by atoms with Crippen molar-refractivity contribution in [3.63, 3.8) is 0 Å². The Kier molecular flexibility index (Phi) is 4.28. The molecule has 1 atom stereocenters. The number of nitrogens with zero attached hydrogens (tertiary/aromatic N) is 1. The number of hydrogen-bond acceptors (Lipinski definition) is 4. The molecule has 1 unspecified atom stereocenters. The molecule has 1 aromatic carbocycles. The minimum atomic E-state index is -0.225. The fourth-order valence-corrected chi connectivity index (χ4v) is 2.77. The second-order valence-electron chi connectivity index (χ2n) is 3.78. The normalized spacial score (nSPS) is 12.6. The van der Waals surface area contributed by atoms with Gasteiger partial charge in [0.15, 0.2) is 0 Å². The highest BCUT2D eigenvalue weighted by atomic mass is 79.9. The summed E-state index contributed by atoms with van der Waals surface area (Å²) >= 11 is 5.02. The lowest BCUT2D eigenvalue weighted by atomic mass is 10.2. The van der Waals surface area contributed by atoms with Gasteiger partial charge in [-0.1, -0.05) is 28.1 Å². The van der Waals surface area contributed by atoms with Crippen LogP contribution in [0.5, 0.6) is 0 Å². The van der Waals surface area contributed by atoms with Crippen molar-refractivity contribution >= 4 is 27.3 Å². The zero-order chi connectivity index (χ0) is 12.3. The first-order valence-corrected chi connectivity index (χ1v) is 6.93. The molecule has 0 saturated carbocycles. The highest BCUT2D eigenvalue weighted by Crippen LogP contribution is 2.24. The van der Waals surface area contributed by atoms with Gasteiger partial charge in [-0.2, -0.15) is 0 Å². The van der Waals surface area contributed by atoms with Crippen molar-refractivity contribution in [2.45, 2.75) is 12.5 Å². The first kappa shape index (κ1) is 12.7. The second kappa shape index (κ2) is 5.73. The van der Waals surface area contributed by atoms with Crippen LogP contribution in [0.4, 0.5) is 0 Å². The van der Waals surface area contributed by atoms with Gasteiger partial charge in [-0.05, 0) is 12.1 Å². The lowest BCUT2D eigenvalue weighted by Crippen LogP contribution is -2.26. The number of rotatable bonds is 4. The van der Waals surface area contributed by atoms with Gasteiger partial charge in [0, 0.05) is 27.9 Å². The van der Waals surface area contributed by atoms with Crippen LogP contribution in [0.1, 0.15) is 5.01 Å². The first-order valence-electron chi connectivity index (χ1n) is 5.26. The summed E-state index contributed by atoms with van der Waals surface area (Å²) < 4.78 is 1.04. The maximum absolute atomic E-state index is 8.90. The molecular weight excluding hydrogens is 300 g/mol. The van der Waals surface area contributed by atoms with Crippen LogP contribution in [0.3, 0.4) is 0 Å². The summed E-state index contributed by atoms with van der Waals surface area (Å²) in [6.45, 7) is -0.00814. The molecule has 0 aliphatic heterocycles. The predicted molar refractivity (Wildman–Crippen MR) is 74.0 cm³/mol. The van der Waals surface area contributed by atoms with Crippen molar-refractivity contribution in [3.8, 4) is 11.3 Å². The standard InChI is InChI=1S/C12H13BrN2OS/c13-9-3-1-2-8(4-9)11-7-17-12(15-11)5-10(14)6-16/h1-4,7,10,16H,5-6,14H2. The lowest BCUT2D eigenvalue weighted by molar-refractivity contribution is 0.265. The largest absolute Gasteiger partial charge is 0.395 e. The molecule has 1 aromatic heterocycles. The smallest absolute Gasteiger partial charge is 0.0948 e. The summed E-state index contributed by atoms with van der Waals surface area (Å²) in [5.74, 6) is 0. The van der Waals surface area contributed by atoms with E-state index in [-0.39, 0.29) is 12.6 Å². The Hall–Kier alpha value is -0.750. The average molecular weight is 313 g/mol. The van der Waals surface area contributed by atoms with E-state index in [9.17, 15) is 0 Å². The maximum atomic E-state index is 8.90. The van der Waals surface area contributed by atoms with Crippen molar-refractivity contribution in [3.05, 3.63) is 39.1 Å². The molecule has 0 radical (unpaired) electrons. The Morgan fingerprint density at radius 1 is 1.47 bits per heavy atom. The molecule has 3 nitrogen and oxygen atoms in total. The Morgan fingerprint density at radius 3 is 3.00 bits per heavy atom. The van der Waals surface area contributed by atoms with E-state index in [0.29, 0.717) is 6.42 Å². The molecule has 5 heteroatoms. The van der Waals surface area contributed by atoms with Crippen LogP contribution >= 0.6 is 27.3 Å². The zero-order valence-corrected chi connectivity index (χ0v) is 11.5. The van der Waals surface area contributed by atoms with Crippen LogP contribution in [0, 0.1) is 0 Å².